The van der Waals surface area contributed by atoms with Crippen LogP contribution in [0.25, 0.3) is 11.1 Å². The van der Waals surface area contributed by atoms with E-state index >= 15 is 0 Å². The third-order valence-corrected chi connectivity index (χ3v) is 2.82. The number of benzene rings is 2. The summed E-state index contributed by atoms with van der Waals surface area (Å²) in [5, 5.41) is 2.81. The number of hydrogen-bond donors (Lipinski definition) is 1. The zero-order valence-electron chi connectivity index (χ0n) is 10.5. The molecular weight excluding hydrogens is 222 g/mol. The van der Waals surface area contributed by atoms with E-state index in [1.54, 1.807) is 6.92 Å². The van der Waals surface area contributed by atoms with Crippen LogP contribution in [-0.4, -0.2) is 12.5 Å². The molecule has 0 saturated heterocycles. The van der Waals surface area contributed by atoms with Crippen molar-refractivity contribution in [2.45, 2.75) is 13.3 Å². The van der Waals surface area contributed by atoms with Crippen molar-refractivity contribution in [3.8, 4) is 11.1 Å². The van der Waals surface area contributed by atoms with E-state index in [2.05, 4.69) is 41.7 Å². The third kappa shape index (κ3) is 3.45. The molecular formula is C16H17NO. The summed E-state index contributed by atoms with van der Waals surface area (Å²) in [6.45, 7) is 2.23. The van der Waals surface area contributed by atoms with E-state index in [4.69, 9.17) is 0 Å². The lowest BCUT2D eigenvalue weighted by Gasteiger charge is -2.06. The van der Waals surface area contributed by atoms with Gasteiger partial charge in [0.25, 0.3) is 0 Å². The lowest BCUT2D eigenvalue weighted by molar-refractivity contribution is -0.118. The first-order valence-corrected chi connectivity index (χ1v) is 6.14. The molecule has 0 saturated carbocycles. The summed E-state index contributed by atoms with van der Waals surface area (Å²) in [6.07, 6.45) is 0.861. The Balaban J connectivity index is 2.08. The molecule has 92 valence electrons. The van der Waals surface area contributed by atoms with Gasteiger partial charge in [0, 0.05) is 13.5 Å². The van der Waals surface area contributed by atoms with Crippen molar-refractivity contribution in [3.05, 3.63) is 60.2 Å². The largest absolute Gasteiger partial charge is 0.356 e. The third-order valence-electron chi connectivity index (χ3n) is 2.82. The topological polar surface area (TPSA) is 29.1 Å². The maximum Gasteiger partial charge on any atom is 0.216 e. The van der Waals surface area contributed by atoms with E-state index in [1.807, 2.05) is 18.2 Å². The monoisotopic (exact) mass is 239 g/mol. The van der Waals surface area contributed by atoms with Crippen molar-refractivity contribution in [2.75, 3.05) is 6.54 Å². The summed E-state index contributed by atoms with van der Waals surface area (Å²) in [5.74, 6) is 0.0224. The number of rotatable bonds is 4. The van der Waals surface area contributed by atoms with Gasteiger partial charge in [-0.05, 0) is 23.1 Å². The molecule has 0 aliphatic carbocycles. The normalized spacial score (nSPS) is 10.1. The van der Waals surface area contributed by atoms with Crippen LogP contribution in [0, 0.1) is 0 Å². The molecule has 0 radical (unpaired) electrons. The average Bonchev–Trinajstić information content (AvgIpc) is 2.40. The van der Waals surface area contributed by atoms with Crippen LogP contribution in [0.1, 0.15) is 12.5 Å². The predicted molar refractivity (Wildman–Crippen MR) is 74.3 cm³/mol. The van der Waals surface area contributed by atoms with Gasteiger partial charge in [0.1, 0.15) is 0 Å². The Bertz CT molecular complexity index is 520. The Morgan fingerprint density at radius 3 is 2.44 bits per heavy atom. The van der Waals surface area contributed by atoms with Gasteiger partial charge in [-0.3, -0.25) is 4.79 Å². The van der Waals surface area contributed by atoms with Crippen LogP contribution in [0.3, 0.4) is 0 Å². The van der Waals surface area contributed by atoms with E-state index < -0.39 is 0 Å². The predicted octanol–water partition coefficient (Wildman–Crippen LogP) is 3.03. The van der Waals surface area contributed by atoms with Crippen LogP contribution >= 0.6 is 0 Å². The van der Waals surface area contributed by atoms with Crippen LogP contribution in [-0.2, 0) is 11.2 Å². The minimum Gasteiger partial charge on any atom is -0.356 e. The fourth-order valence-electron chi connectivity index (χ4n) is 1.92. The van der Waals surface area contributed by atoms with Gasteiger partial charge >= 0.3 is 0 Å². The molecule has 0 fully saturated rings. The lowest BCUT2D eigenvalue weighted by atomic mass is 10.0. The summed E-state index contributed by atoms with van der Waals surface area (Å²) < 4.78 is 0. The van der Waals surface area contributed by atoms with Crippen molar-refractivity contribution < 1.29 is 4.79 Å². The molecule has 0 aliphatic rings. The summed E-state index contributed by atoms with van der Waals surface area (Å²) in [6, 6.07) is 18.7. The number of hydrogen-bond acceptors (Lipinski definition) is 1. The van der Waals surface area contributed by atoms with Gasteiger partial charge in [-0.1, -0.05) is 54.6 Å². The Morgan fingerprint density at radius 2 is 1.72 bits per heavy atom. The van der Waals surface area contributed by atoms with Gasteiger partial charge in [-0.25, -0.2) is 0 Å². The molecule has 0 atom stereocenters. The van der Waals surface area contributed by atoms with Gasteiger partial charge in [-0.15, -0.1) is 0 Å². The Kier molecular flexibility index (Phi) is 4.13. The quantitative estimate of drug-likeness (QED) is 0.873. The SMILES string of the molecule is CC(=O)NCCc1cccc(-c2ccccc2)c1. The number of carbonyl (C=O) groups excluding carboxylic acids is 1. The van der Waals surface area contributed by atoms with Crippen LogP contribution < -0.4 is 5.32 Å². The molecule has 2 aromatic rings. The maximum absolute atomic E-state index is 10.8. The van der Waals surface area contributed by atoms with Crippen LogP contribution in [0.4, 0.5) is 0 Å². The highest BCUT2D eigenvalue weighted by atomic mass is 16.1. The fourth-order valence-corrected chi connectivity index (χ4v) is 1.92. The van der Waals surface area contributed by atoms with Gasteiger partial charge < -0.3 is 5.32 Å². The van der Waals surface area contributed by atoms with Crippen LogP contribution in [0.15, 0.2) is 54.6 Å². The molecule has 0 spiro atoms. The Morgan fingerprint density at radius 1 is 1.00 bits per heavy atom. The molecule has 0 heterocycles. The second-order valence-electron chi connectivity index (χ2n) is 4.30. The number of nitrogens with one attached hydrogen (secondary N) is 1. The first-order valence-electron chi connectivity index (χ1n) is 6.14. The first-order chi connectivity index (χ1) is 8.75. The minimum absolute atomic E-state index is 0.0224. The smallest absolute Gasteiger partial charge is 0.216 e. The zero-order valence-corrected chi connectivity index (χ0v) is 10.5. The van der Waals surface area contributed by atoms with Gasteiger partial charge in [0.05, 0.1) is 0 Å². The highest BCUT2D eigenvalue weighted by Gasteiger charge is 1.99. The number of amides is 1. The van der Waals surface area contributed by atoms with Crippen molar-refractivity contribution in [3.63, 3.8) is 0 Å². The van der Waals surface area contributed by atoms with Gasteiger partial charge in [0.2, 0.25) is 5.91 Å². The first kappa shape index (κ1) is 12.4. The second-order valence-corrected chi connectivity index (χ2v) is 4.30. The molecule has 2 aromatic carbocycles. The van der Waals surface area contributed by atoms with E-state index in [9.17, 15) is 4.79 Å². The van der Waals surface area contributed by atoms with E-state index in [-0.39, 0.29) is 5.91 Å². The van der Waals surface area contributed by atoms with Crippen molar-refractivity contribution in [2.24, 2.45) is 0 Å². The summed E-state index contributed by atoms with van der Waals surface area (Å²) in [7, 11) is 0. The van der Waals surface area contributed by atoms with E-state index in [0.29, 0.717) is 6.54 Å². The molecule has 2 nitrogen and oxygen atoms in total. The van der Waals surface area contributed by atoms with E-state index in [0.717, 1.165) is 6.42 Å². The standard InChI is InChI=1S/C16H17NO/c1-13(18)17-11-10-14-6-5-9-16(12-14)15-7-3-2-4-8-15/h2-9,12H,10-11H2,1H3,(H,17,18). The molecule has 0 bridgehead atoms. The lowest BCUT2D eigenvalue weighted by Crippen LogP contribution is -2.22. The fraction of sp³-hybridized carbons (Fsp3) is 0.188. The van der Waals surface area contributed by atoms with Crippen molar-refractivity contribution >= 4 is 5.91 Å². The van der Waals surface area contributed by atoms with Crippen LogP contribution in [0.2, 0.25) is 0 Å². The summed E-state index contributed by atoms with van der Waals surface area (Å²) in [5.41, 5.74) is 3.68. The molecule has 18 heavy (non-hydrogen) atoms. The van der Waals surface area contributed by atoms with Crippen molar-refractivity contribution in [1.82, 2.24) is 5.32 Å². The Hall–Kier alpha value is -2.09. The second kappa shape index (κ2) is 6.01. The number of carbonyl (C=O) groups is 1. The average molecular weight is 239 g/mol. The molecule has 2 heteroatoms. The summed E-state index contributed by atoms with van der Waals surface area (Å²) >= 11 is 0. The molecule has 2 rings (SSSR count). The highest BCUT2D eigenvalue weighted by molar-refractivity contribution is 5.72. The van der Waals surface area contributed by atoms with Crippen molar-refractivity contribution in [1.29, 1.82) is 0 Å². The minimum atomic E-state index is 0.0224. The van der Waals surface area contributed by atoms with E-state index in [1.165, 1.54) is 16.7 Å². The molecule has 0 aliphatic heterocycles. The molecule has 1 amide bonds. The van der Waals surface area contributed by atoms with Gasteiger partial charge in [-0.2, -0.15) is 0 Å². The molecule has 1 N–H and O–H groups in total. The Labute approximate surface area is 108 Å². The zero-order chi connectivity index (χ0) is 12.8. The summed E-state index contributed by atoms with van der Waals surface area (Å²) in [4.78, 5) is 10.8. The molecule has 0 unspecified atom stereocenters. The van der Waals surface area contributed by atoms with Gasteiger partial charge in [0.15, 0.2) is 0 Å². The maximum atomic E-state index is 10.8. The van der Waals surface area contributed by atoms with Crippen LogP contribution in [0.5, 0.6) is 0 Å². The molecule has 0 aromatic heterocycles. The highest BCUT2D eigenvalue weighted by Crippen LogP contribution is 2.19.